The average molecular weight is 263 g/mol. The molecule has 1 amide bonds. The standard InChI is InChI=1S/C15H25N3O/c1-11(2)9-10-17-15(19)12(3)18(4)14-7-5-13(16)6-8-14/h5-8,11-12H,9-10,16H2,1-4H3,(H,17,19). The first-order valence-corrected chi connectivity index (χ1v) is 6.78. The summed E-state index contributed by atoms with van der Waals surface area (Å²) in [6, 6.07) is 7.33. The Morgan fingerprint density at radius 2 is 1.84 bits per heavy atom. The number of rotatable bonds is 6. The monoisotopic (exact) mass is 263 g/mol. The van der Waals surface area contributed by atoms with E-state index in [0.717, 1.165) is 24.3 Å². The molecule has 4 heteroatoms. The van der Waals surface area contributed by atoms with E-state index in [-0.39, 0.29) is 11.9 Å². The summed E-state index contributed by atoms with van der Waals surface area (Å²) in [5.74, 6) is 0.658. The molecule has 0 aliphatic rings. The third-order valence-electron chi connectivity index (χ3n) is 3.28. The van der Waals surface area contributed by atoms with E-state index >= 15 is 0 Å². The van der Waals surface area contributed by atoms with Gasteiger partial charge >= 0.3 is 0 Å². The molecule has 3 N–H and O–H groups in total. The lowest BCUT2D eigenvalue weighted by atomic mass is 10.1. The fraction of sp³-hybridized carbons (Fsp3) is 0.533. The molecule has 4 nitrogen and oxygen atoms in total. The van der Waals surface area contributed by atoms with Crippen LogP contribution in [0.25, 0.3) is 0 Å². The van der Waals surface area contributed by atoms with Crippen molar-refractivity contribution in [1.29, 1.82) is 0 Å². The van der Waals surface area contributed by atoms with Gasteiger partial charge in [-0.2, -0.15) is 0 Å². The number of nitrogen functional groups attached to an aromatic ring is 1. The lowest BCUT2D eigenvalue weighted by Crippen LogP contribution is -2.43. The fourth-order valence-electron chi connectivity index (χ4n) is 1.74. The molecule has 106 valence electrons. The Morgan fingerprint density at radius 1 is 1.26 bits per heavy atom. The molecule has 1 atom stereocenters. The lowest BCUT2D eigenvalue weighted by molar-refractivity contribution is -0.122. The van der Waals surface area contributed by atoms with Gasteiger partial charge in [-0.25, -0.2) is 0 Å². The average Bonchev–Trinajstić information content (AvgIpc) is 2.37. The van der Waals surface area contributed by atoms with Crippen LogP contribution >= 0.6 is 0 Å². The molecular weight excluding hydrogens is 238 g/mol. The van der Waals surface area contributed by atoms with Crippen molar-refractivity contribution in [2.24, 2.45) is 5.92 Å². The SMILES string of the molecule is CC(C)CCNC(=O)C(C)N(C)c1ccc(N)cc1. The van der Waals surface area contributed by atoms with E-state index in [1.165, 1.54) is 0 Å². The molecule has 0 bridgehead atoms. The van der Waals surface area contributed by atoms with Crippen LogP contribution < -0.4 is 16.0 Å². The van der Waals surface area contributed by atoms with E-state index in [2.05, 4.69) is 19.2 Å². The zero-order valence-electron chi connectivity index (χ0n) is 12.3. The third-order valence-corrected chi connectivity index (χ3v) is 3.28. The molecule has 0 heterocycles. The summed E-state index contributed by atoms with van der Waals surface area (Å²) in [6.07, 6.45) is 1.00. The maximum atomic E-state index is 12.0. The molecule has 1 aromatic rings. The van der Waals surface area contributed by atoms with E-state index in [0.29, 0.717) is 5.92 Å². The molecule has 1 rings (SSSR count). The number of anilines is 2. The van der Waals surface area contributed by atoms with Gasteiger partial charge in [0.05, 0.1) is 0 Å². The van der Waals surface area contributed by atoms with Crippen molar-refractivity contribution in [3.63, 3.8) is 0 Å². The number of hydrogen-bond donors (Lipinski definition) is 2. The second-order valence-electron chi connectivity index (χ2n) is 5.35. The number of nitrogens with zero attached hydrogens (tertiary/aromatic N) is 1. The minimum absolute atomic E-state index is 0.0555. The Hall–Kier alpha value is -1.71. The molecule has 1 unspecified atom stereocenters. The highest BCUT2D eigenvalue weighted by molar-refractivity contribution is 5.84. The number of carbonyl (C=O) groups excluding carboxylic acids is 1. The summed E-state index contributed by atoms with van der Waals surface area (Å²) in [7, 11) is 1.91. The molecule has 0 saturated carbocycles. The van der Waals surface area contributed by atoms with E-state index < -0.39 is 0 Å². The van der Waals surface area contributed by atoms with Gasteiger partial charge in [-0.15, -0.1) is 0 Å². The highest BCUT2D eigenvalue weighted by atomic mass is 16.2. The minimum atomic E-state index is -0.198. The van der Waals surface area contributed by atoms with Crippen LogP contribution in [0.1, 0.15) is 27.2 Å². The summed E-state index contributed by atoms with van der Waals surface area (Å²) in [6.45, 7) is 6.93. The van der Waals surface area contributed by atoms with E-state index in [1.54, 1.807) is 0 Å². The van der Waals surface area contributed by atoms with E-state index in [4.69, 9.17) is 5.73 Å². The molecule has 0 fully saturated rings. The normalized spacial score (nSPS) is 12.3. The van der Waals surface area contributed by atoms with Crippen LogP contribution in [0.15, 0.2) is 24.3 Å². The Morgan fingerprint density at radius 3 is 2.37 bits per heavy atom. The summed E-state index contributed by atoms with van der Waals surface area (Å²) in [5, 5.41) is 2.97. The van der Waals surface area contributed by atoms with Crippen LogP contribution in [0.3, 0.4) is 0 Å². The zero-order valence-corrected chi connectivity index (χ0v) is 12.3. The van der Waals surface area contributed by atoms with Gasteiger partial charge in [-0.05, 0) is 43.5 Å². The van der Waals surface area contributed by atoms with Crippen molar-refractivity contribution in [3.05, 3.63) is 24.3 Å². The van der Waals surface area contributed by atoms with Gasteiger partial charge in [0.2, 0.25) is 5.91 Å². The Kier molecular flexibility index (Phi) is 5.67. The van der Waals surface area contributed by atoms with Crippen molar-refractivity contribution in [3.8, 4) is 0 Å². The number of benzene rings is 1. The highest BCUT2D eigenvalue weighted by Crippen LogP contribution is 2.17. The Labute approximate surface area is 116 Å². The van der Waals surface area contributed by atoms with Crippen LogP contribution in [-0.4, -0.2) is 25.5 Å². The molecular formula is C15H25N3O. The van der Waals surface area contributed by atoms with Crippen LogP contribution in [-0.2, 0) is 4.79 Å². The fourth-order valence-corrected chi connectivity index (χ4v) is 1.74. The van der Waals surface area contributed by atoms with Gasteiger partial charge in [0, 0.05) is 25.0 Å². The lowest BCUT2D eigenvalue weighted by Gasteiger charge is -2.26. The van der Waals surface area contributed by atoms with Gasteiger partial charge in [-0.3, -0.25) is 4.79 Å². The smallest absolute Gasteiger partial charge is 0.242 e. The second-order valence-corrected chi connectivity index (χ2v) is 5.35. The topological polar surface area (TPSA) is 58.4 Å². The second kappa shape index (κ2) is 7.02. The van der Waals surface area contributed by atoms with Crippen molar-refractivity contribution < 1.29 is 4.79 Å². The molecule has 0 radical (unpaired) electrons. The molecule has 0 spiro atoms. The first kappa shape index (κ1) is 15.3. The summed E-state index contributed by atoms with van der Waals surface area (Å²) >= 11 is 0. The molecule has 0 aliphatic heterocycles. The van der Waals surface area contributed by atoms with Gasteiger partial charge in [0.25, 0.3) is 0 Å². The predicted octanol–water partition coefficient (Wildman–Crippen LogP) is 2.26. The minimum Gasteiger partial charge on any atom is -0.399 e. The quantitative estimate of drug-likeness (QED) is 0.774. The van der Waals surface area contributed by atoms with Crippen molar-refractivity contribution >= 4 is 17.3 Å². The van der Waals surface area contributed by atoms with Crippen LogP contribution in [0.4, 0.5) is 11.4 Å². The van der Waals surface area contributed by atoms with E-state index in [1.807, 2.05) is 43.1 Å². The molecule has 0 aromatic heterocycles. The predicted molar refractivity (Wildman–Crippen MR) is 81.2 cm³/mol. The highest BCUT2D eigenvalue weighted by Gasteiger charge is 2.17. The van der Waals surface area contributed by atoms with Gasteiger partial charge in [-0.1, -0.05) is 13.8 Å². The molecule has 0 aliphatic carbocycles. The number of nitrogens with one attached hydrogen (secondary N) is 1. The van der Waals surface area contributed by atoms with Crippen LogP contribution in [0.5, 0.6) is 0 Å². The zero-order chi connectivity index (χ0) is 14.4. The number of amides is 1. The van der Waals surface area contributed by atoms with Gasteiger partial charge < -0.3 is 16.0 Å². The summed E-state index contributed by atoms with van der Waals surface area (Å²) in [4.78, 5) is 14.0. The summed E-state index contributed by atoms with van der Waals surface area (Å²) < 4.78 is 0. The number of hydrogen-bond acceptors (Lipinski definition) is 3. The number of likely N-dealkylation sites (N-methyl/N-ethyl adjacent to an activating group) is 1. The number of carbonyl (C=O) groups is 1. The van der Waals surface area contributed by atoms with Gasteiger partial charge in [0.1, 0.15) is 6.04 Å². The first-order valence-electron chi connectivity index (χ1n) is 6.78. The maximum absolute atomic E-state index is 12.0. The molecule has 0 saturated heterocycles. The molecule has 1 aromatic carbocycles. The summed E-state index contributed by atoms with van der Waals surface area (Å²) in [5.41, 5.74) is 7.37. The van der Waals surface area contributed by atoms with Gasteiger partial charge in [0.15, 0.2) is 0 Å². The largest absolute Gasteiger partial charge is 0.399 e. The van der Waals surface area contributed by atoms with E-state index in [9.17, 15) is 4.79 Å². The first-order chi connectivity index (χ1) is 8.91. The van der Waals surface area contributed by atoms with Crippen molar-refractivity contribution in [1.82, 2.24) is 5.32 Å². The Bertz CT molecular complexity index is 400. The van der Waals surface area contributed by atoms with Crippen LogP contribution in [0, 0.1) is 5.92 Å². The number of nitrogens with two attached hydrogens (primary N) is 1. The third kappa shape index (κ3) is 4.81. The van der Waals surface area contributed by atoms with Crippen molar-refractivity contribution in [2.75, 3.05) is 24.2 Å². The Balaban J connectivity index is 2.53. The molecule has 19 heavy (non-hydrogen) atoms. The maximum Gasteiger partial charge on any atom is 0.242 e. The van der Waals surface area contributed by atoms with Crippen molar-refractivity contribution in [2.45, 2.75) is 33.2 Å². The van der Waals surface area contributed by atoms with Crippen LogP contribution in [0.2, 0.25) is 0 Å².